The first-order valence-electron chi connectivity index (χ1n) is 8.92. The molecule has 1 amide bonds. The van der Waals surface area contributed by atoms with E-state index in [1.54, 1.807) is 30.3 Å². The van der Waals surface area contributed by atoms with Crippen LogP contribution in [0.3, 0.4) is 0 Å². The second kappa shape index (κ2) is 8.25. The van der Waals surface area contributed by atoms with E-state index in [4.69, 9.17) is 28.6 Å². The Kier molecular flexibility index (Phi) is 5.52. The molecular weight excluding hydrogens is 427 g/mol. The van der Waals surface area contributed by atoms with Crippen LogP contribution in [0.25, 0.3) is 6.08 Å². The average Bonchev–Trinajstić information content (AvgIpc) is 3.25. The van der Waals surface area contributed by atoms with Crippen LogP contribution in [0.15, 0.2) is 60.6 Å². The van der Waals surface area contributed by atoms with Crippen molar-refractivity contribution < 1.29 is 13.9 Å². The largest absolute Gasteiger partial charge is 0.496 e. The number of halogens is 2. The molecule has 2 aromatic carbocycles. The molecule has 1 fully saturated rings. The molecule has 0 bridgehead atoms. The van der Waals surface area contributed by atoms with Gasteiger partial charge in [0.15, 0.2) is 5.11 Å². The molecule has 1 saturated heterocycles. The lowest BCUT2D eigenvalue weighted by atomic mass is 10.1. The fourth-order valence-electron chi connectivity index (χ4n) is 3.14. The molecule has 0 radical (unpaired) electrons. The Morgan fingerprint density at radius 2 is 2.03 bits per heavy atom. The van der Waals surface area contributed by atoms with Gasteiger partial charge in [0.25, 0.3) is 5.91 Å². The zero-order valence-electron chi connectivity index (χ0n) is 15.8. The molecule has 1 N–H and O–H groups in total. The van der Waals surface area contributed by atoms with E-state index in [1.165, 1.54) is 29.2 Å². The smallest absolute Gasteiger partial charge is 0.281 e. The van der Waals surface area contributed by atoms with Gasteiger partial charge < -0.3 is 10.1 Å². The Balaban J connectivity index is 1.62. The lowest BCUT2D eigenvalue weighted by molar-refractivity contribution is -0.113. The summed E-state index contributed by atoms with van der Waals surface area (Å²) < 4.78 is 20.3. The SMILES string of the molecule is COc1ccc(/C=C2/NC(=S)N(c3ccc(F)cc3)C2=O)cc1Cn1cc(Cl)cn1. The zero-order chi connectivity index (χ0) is 21.3. The fourth-order valence-corrected chi connectivity index (χ4v) is 3.59. The van der Waals surface area contributed by atoms with Gasteiger partial charge in [0.1, 0.15) is 17.3 Å². The highest BCUT2D eigenvalue weighted by atomic mass is 35.5. The third-order valence-corrected chi connectivity index (χ3v) is 4.99. The van der Waals surface area contributed by atoms with Gasteiger partial charge in [-0.2, -0.15) is 5.10 Å². The van der Waals surface area contributed by atoms with Crippen molar-refractivity contribution >= 4 is 46.6 Å². The van der Waals surface area contributed by atoms with Gasteiger partial charge in [-0.15, -0.1) is 0 Å². The molecule has 6 nitrogen and oxygen atoms in total. The Morgan fingerprint density at radius 1 is 1.27 bits per heavy atom. The van der Waals surface area contributed by atoms with E-state index >= 15 is 0 Å². The molecule has 1 aliphatic rings. The minimum absolute atomic E-state index is 0.234. The second-order valence-corrected chi connectivity index (χ2v) is 7.36. The lowest BCUT2D eigenvalue weighted by Crippen LogP contribution is -2.30. The van der Waals surface area contributed by atoms with Crippen molar-refractivity contribution in [3.05, 3.63) is 82.5 Å². The molecule has 3 aromatic rings. The number of thiocarbonyl (C=S) groups is 1. The van der Waals surface area contributed by atoms with Gasteiger partial charge in [-0.05, 0) is 60.3 Å². The Hall–Kier alpha value is -3.23. The summed E-state index contributed by atoms with van der Waals surface area (Å²) in [5, 5.41) is 7.89. The van der Waals surface area contributed by atoms with Crippen LogP contribution >= 0.6 is 23.8 Å². The van der Waals surface area contributed by atoms with Crippen molar-refractivity contribution in [1.82, 2.24) is 15.1 Å². The number of aromatic nitrogens is 2. The summed E-state index contributed by atoms with van der Waals surface area (Å²) in [4.78, 5) is 14.2. The van der Waals surface area contributed by atoms with E-state index in [9.17, 15) is 9.18 Å². The number of hydrogen-bond donors (Lipinski definition) is 1. The van der Waals surface area contributed by atoms with E-state index < -0.39 is 0 Å². The van der Waals surface area contributed by atoms with Crippen LogP contribution in [0.2, 0.25) is 5.02 Å². The van der Waals surface area contributed by atoms with Gasteiger partial charge in [-0.25, -0.2) is 4.39 Å². The molecule has 0 atom stereocenters. The third kappa shape index (κ3) is 4.05. The molecule has 0 unspecified atom stereocenters. The van der Waals surface area contributed by atoms with Crippen LogP contribution in [0.4, 0.5) is 10.1 Å². The quantitative estimate of drug-likeness (QED) is 0.478. The molecule has 4 rings (SSSR count). The van der Waals surface area contributed by atoms with Crippen molar-refractivity contribution in [3.63, 3.8) is 0 Å². The summed E-state index contributed by atoms with van der Waals surface area (Å²) in [6.07, 6.45) is 4.98. The average molecular weight is 443 g/mol. The van der Waals surface area contributed by atoms with Crippen LogP contribution in [0.1, 0.15) is 11.1 Å². The number of anilines is 1. The maximum Gasteiger partial charge on any atom is 0.281 e. The highest BCUT2D eigenvalue weighted by Crippen LogP contribution is 2.25. The summed E-state index contributed by atoms with van der Waals surface area (Å²) in [6.45, 7) is 0.453. The van der Waals surface area contributed by atoms with Gasteiger partial charge in [-0.3, -0.25) is 14.4 Å². The van der Waals surface area contributed by atoms with Crippen LogP contribution in [-0.2, 0) is 11.3 Å². The summed E-state index contributed by atoms with van der Waals surface area (Å²) >= 11 is 11.2. The van der Waals surface area contributed by atoms with Gasteiger partial charge >= 0.3 is 0 Å². The van der Waals surface area contributed by atoms with Gasteiger partial charge in [-0.1, -0.05) is 17.7 Å². The van der Waals surface area contributed by atoms with Crippen LogP contribution in [0.5, 0.6) is 5.75 Å². The molecule has 0 aliphatic carbocycles. The Bertz CT molecular complexity index is 1160. The zero-order valence-corrected chi connectivity index (χ0v) is 17.4. The normalized spacial score (nSPS) is 15.0. The molecule has 9 heteroatoms. The Labute approximate surface area is 182 Å². The standard InChI is InChI=1S/C21H16ClFN4O2S/c1-29-19-7-2-13(8-14(19)11-26-12-15(22)10-24-26)9-18-20(28)27(21(30)25-18)17-5-3-16(23)4-6-17/h2-10,12H,11H2,1H3,(H,25,30)/b18-9+. The monoisotopic (exact) mass is 442 g/mol. The maximum absolute atomic E-state index is 13.2. The molecule has 1 aromatic heterocycles. The van der Waals surface area contributed by atoms with E-state index in [1.807, 2.05) is 18.2 Å². The number of nitrogens with one attached hydrogen (secondary N) is 1. The number of carbonyl (C=O) groups excluding carboxylic acids is 1. The fraction of sp³-hybridized carbons (Fsp3) is 0.0952. The number of methoxy groups -OCH3 is 1. The van der Waals surface area contributed by atoms with Crippen molar-refractivity contribution in [3.8, 4) is 5.75 Å². The van der Waals surface area contributed by atoms with Crippen molar-refractivity contribution in [2.75, 3.05) is 12.0 Å². The summed E-state index contributed by atoms with van der Waals surface area (Å²) in [7, 11) is 1.59. The number of carbonyl (C=O) groups is 1. The number of amides is 1. The number of nitrogens with zero attached hydrogens (tertiary/aromatic N) is 3. The minimum atomic E-state index is -0.385. The van der Waals surface area contributed by atoms with Crippen molar-refractivity contribution in [2.45, 2.75) is 6.54 Å². The predicted molar refractivity (Wildman–Crippen MR) is 117 cm³/mol. The topological polar surface area (TPSA) is 59.4 Å². The van der Waals surface area contributed by atoms with Gasteiger partial charge in [0.2, 0.25) is 0 Å². The van der Waals surface area contributed by atoms with E-state index in [0.717, 1.165) is 11.1 Å². The van der Waals surface area contributed by atoms with Crippen molar-refractivity contribution in [2.24, 2.45) is 0 Å². The third-order valence-electron chi connectivity index (χ3n) is 4.51. The molecule has 0 spiro atoms. The second-order valence-electron chi connectivity index (χ2n) is 6.53. The van der Waals surface area contributed by atoms with E-state index in [0.29, 0.717) is 28.7 Å². The van der Waals surface area contributed by atoms with Gasteiger partial charge in [0.05, 0.1) is 30.6 Å². The minimum Gasteiger partial charge on any atom is -0.496 e. The van der Waals surface area contributed by atoms with E-state index in [2.05, 4.69) is 10.4 Å². The van der Waals surface area contributed by atoms with Crippen LogP contribution in [-0.4, -0.2) is 27.9 Å². The highest BCUT2D eigenvalue weighted by molar-refractivity contribution is 7.80. The molecule has 2 heterocycles. The molecular formula is C21H16ClFN4O2S. The molecule has 0 saturated carbocycles. The summed E-state index contributed by atoms with van der Waals surface area (Å²) in [5.74, 6) is -0.00922. The summed E-state index contributed by atoms with van der Waals surface area (Å²) in [5.41, 5.74) is 2.47. The summed E-state index contributed by atoms with van der Waals surface area (Å²) in [6, 6.07) is 11.1. The number of rotatable bonds is 5. The number of ether oxygens (including phenoxy) is 1. The first-order valence-corrected chi connectivity index (χ1v) is 9.71. The van der Waals surface area contributed by atoms with Crippen molar-refractivity contribution in [1.29, 1.82) is 0 Å². The van der Waals surface area contributed by atoms with E-state index in [-0.39, 0.29) is 16.8 Å². The number of benzene rings is 2. The first-order chi connectivity index (χ1) is 14.4. The van der Waals surface area contributed by atoms with Crippen LogP contribution in [0, 0.1) is 5.82 Å². The Morgan fingerprint density at radius 3 is 2.70 bits per heavy atom. The lowest BCUT2D eigenvalue weighted by Gasteiger charge is -2.13. The molecule has 1 aliphatic heterocycles. The molecule has 30 heavy (non-hydrogen) atoms. The maximum atomic E-state index is 13.2. The predicted octanol–water partition coefficient (Wildman–Crippen LogP) is 3.99. The molecule has 152 valence electrons. The first kappa shape index (κ1) is 20.1. The highest BCUT2D eigenvalue weighted by Gasteiger charge is 2.31. The number of hydrogen-bond acceptors (Lipinski definition) is 4. The van der Waals surface area contributed by atoms with Crippen LogP contribution < -0.4 is 15.0 Å². The van der Waals surface area contributed by atoms with Gasteiger partial charge in [0, 0.05) is 11.8 Å².